The molecular formula is C12H18ClN. The number of halogens is 1. The monoisotopic (exact) mass is 211 g/mol. The molecule has 0 bridgehead atoms. The number of fused-ring (bicyclic) bond motifs is 1. The quantitative estimate of drug-likeness (QED) is 0.760. The lowest BCUT2D eigenvalue weighted by Gasteiger charge is -2.17. The number of nitrogens with two attached hydrogens (primary N) is 1. The smallest absolute Gasteiger partial charge is 0.0266 e. The number of hydrogen-bond acceptors (Lipinski definition) is 1. The average Bonchev–Trinajstić information content (AvgIpc) is 2.17. The van der Waals surface area contributed by atoms with Crippen LogP contribution in [0.25, 0.3) is 0 Å². The number of benzene rings is 1. The van der Waals surface area contributed by atoms with Crippen molar-refractivity contribution in [3.63, 3.8) is 0 Å². The highest BCUT2D eigenvalue weighted by atomic mass is 35.5. The molecule has 0 aliphatic heterocycles. The van der Waals surface area contributed by atoms with Gasteiger partial charge in [-0.25, -0.2) is 0 Å². The first-order valence-electron chi connectivity index (χ1n) is 5.14. The predicted molar refractivity (Wildman–Crippen MR) is 62.9 cm³/mol. The molecule has 0 saturated heterocycles. The normalized spacial score (nSPS) is 16.7. The van der Waals surface area contributed by atoms with E-state index in [1.54, 1.807) is 0 Å². The zero-order chi connectivity index (χ0) is 9.26. The van der Waals surface area contributed by atoms with Gasteiger partial charge in [0.1, 0.15) is 0 Å². The molecule has 0 aromatic heterocycles. The molecular weight excluding hydrogens is 194 g/mol. The Morgan fingerprint density at radius 1 is 1.14 bits per heavy atom. The maximum atomic E-state index is 5.85. The van der Waals surface area contributed by atoms with Gasteiger partial charge in [0, 0.05) is 6.04 Å². The molecule has 14 heavy (non-hydrogen) atoms. The lowest BCUT2D eigenvalue weighted by atomic mass is 9.89. The zero-order valence-corrected chi connectivity index (χ0v) is 9.44. The van der Waals surface area contributed by atoms with Crippen molar-refractivity contribution in [2.75, 3.05) is 0 Å². The molecule has 1 atom stereocenters. The van der Waals surface area contributed by atoms with Crippen LogP contribution in [0.2, 0.25) is 0 Å². The molecule has 78 valence electrons. The van der Waals surface area contributed by atoms with Gasteiger partial charge in [-0.2, -0.15) is 0 Å². The van der Waals surface area contributed by atoms with E-state index < -0.39 is 0 Å². The zero-order valence-electron chi connectivity index (χ0n) is 8.62. The van der Waals surface area contributed by atoms with Crippen molar-refractivity contribution in [3.8, 4) is 0 Å². The Morgan fingerprint density at radius 2 is 1.79 bits per heavy atom. The van der Waals surface area contributed by atoms with Crippen LogP contribution in [-0.2, 0) is 12.8 Å². The largest absolute Gasteiger partial charge is 0.324 e. The third kappa shape index (κ3) is 2.28. The molecule has 0 fully saturated rings. The van der Waals surface area contributed by atoms with Crippen molar-refractivity contribution in [2.45, 2.75) is 38.6 Å². The molecule has 0 amide bonds. The van der Waals surface area contributed by atoms with Gasteiger partial charge in [0.15, 0.2) is 0 Å². The van der Waals surface area contributed by atoms with E-state index in [0.29, 0.717) is 0 Å². The van der Waals surface area contributed by atoms with Gasteiger partial charge in [0.2, 0.25) is 0 Å². The van der Waals surface area contributed by atoms with Crippen LogP contribution in [-0.4, -0.2) is 0 Å². The van der Waals surface area contributed by atoms with Crippen LogP contribution in [0.15, 0.2) is 18.2 Å². The van der Waals surface area contributed by atoms with E-state index in [9.17, 15) is 0 Å². The van der Waals surface area contributed by atoms with Gasteiger partial charge >= 0.3 is 0 Å². The van der Waals surface area contributed by atoms with Crippen molar-refractivity contribution >= 4 is 12.4 Å². The molecule has 1 aromatic rings. The van der Waals surface area contributed by atoms with Crippen molar-refractivity contribution < 1.29 is 0 Å². The highest BCUT2D eigenvalue weighted by Gasteiger charge is 2.10. The van der Waals surface area contributed by atoms with Crippen molar-refractivity contribution in [2.24, 2.45) is 5.73 Å². The summed E-state index contributed by atoms with van der Waals surface area (Å²) in [6.07, 6.45) is 5.20. The molecule has 1 aliphatic rings. The molecule has 0 heterocycles. The molecule has 0 unspecified atom stereocenters. The molecule has 2 rings (SSSR count). The molecule has 0 spiro atoms. The van der Waals surface area contributed by atoms with Crippen molar-refractivity contribution in [3.05, 3.63) is 34.9 Å². The molecule has 2 heteroatoms. The summed E-state index contributed by atoms with van der Waals surface area (Å²) in [5, 5.41) is 0. The molecule has 2 N–H and O–H groups in total. The second-order valence-electron chi connectivity index (χ2n) is 4.02. The van der Waals surface area contributed by atoms with Crippen LogP contribution in [0, 0.1) is 0 Å². The summed E-state index contributed by atoms with van der Waals surface area (Å²) in [6.45, 7) is 2.05. The van der Waals surface area contributed by atoms with Crippen LogP contribution >= 0.6 is 12.4 Å². The Kier molecular flexibility index (Phi) is 3.97. The van der Waals surface area contributed by atoms with Gasteiger partial charge in [-0.3, -0.25) is 0 Å². The number of hydrogen-bond donors (Lipinski definition) is 1. The van der Waals surface area contributed by atoms with Crippen molar-refractivity contribution in [1.82, 2.24) is 0 Å². The Labute approximate surface area is 92.1 Å². The van der Waals surface area contributed by atoms with E-state index in [2.05, 4.69) is 18.2 Å². The van der Waals surface area contributed by atoms with E-state index in [4.69, 9.17) is 5.73 Å². The Morgan fingerprint density at radius 3 is 2.43 bits per heavy atom. The van der Waals surface area contributed by atoms with E-state index in [1.165, 1.54) is 42.4 Å². The maximum Gasteiger partial charge on any atom is 0.0266 e. The Bertz CT molecular complexity index is 307. The SMILES string of the molecule is C[C@@H](N)c1ccc2c(c1)CCCC2.Cl. The summed E-state index contributed by atoms with van der Waals surface area (Å²) in [4.78, 5) is 0. The van der Waals surface area contributed by atoms with Crippen LogP contribution in [0.3, 0.4) is 0 Å². The summed E-state index contributed by atoms with van der Waals surface area (Å²) in [5.74, 6) is 0. The second kappa shape index (κ2) is 4.81. The first-order valence-corrected chi connectivity index (χ1v) is 5.14. The minimum Gasteiger partial charge on any atom is -0.324 e. The van der Waals surface area contributed by atoms with Crippen LogP contribution in [0.4, 0.5) is 0 Å². The molecule has 1 aliphatic carbocycles. The summed E-state index contributed by atoms with van der Waals surface area (Å²) < 4.78 is 0. The highest BCUT2D eigenvalue weighted by Crippen LogP contribution is 2.23. The van der Waals surface area contributed by atoms with E-state index in [1.807, 2.05) is 6.92 Å². The van der Waals surface area contributed by atoms with Crippen LogP contribution < -0.4 is 5.73 Å². The van der Waals surface area contributed by atoms with Gasteiger partial charge in [0.05, 0.1) is 0 Å². The fraction of sp³-hybridized carbons (Fsp3) is 0.500. The summed E-state index contributed by atoms with van der Waals surface area (Å²) in [6, 6.07) is 6.90. The Balaban J connectivity index is 0.000000980. The lowest BCUT2D eigenvalue weighted by Crippen LogP contribution is -2.08. The van der Waals surface area contributed by atoms with E-state index in [-0.39, 0.29) is 18.4 Å². The third-order valence-electron chi connectivity index (χ3n) is 2.90. The van der Waals surface area contributed by atoms with Gasteiger partial charge in [-0.1, -0.05) is 18.2 Å². The minimum absolute atomic E-state index is 0. The van der Waals surface area contributed by atoms with Gasteiger partial charge < -0.3 is 5.73 Å². The van der Waals surface area contributed by atoms with Gasteiger partial charge in [-0.05, 0) is 49.3 Å². The standard InChI is InChI=1S/C12H17N.ClH/c1-9(13)11-7-6-10-4-2-3-5-12(10)8-11;/h6-9H,2-5,13H2,1H3;1H/t9-;/m1./s1. The topological polar surface area (TPSA) is 26.0 Å². The summed E-state index contributed by atoms with van der Waals surface area (Å²) in [5.41, 5.74) is 10.2. The summed E-state index contributed by atoms with van der Waals surface area (Å²) in [7, 11) is 0. The lowest BCUT2D eigenvalue weighted by molar-refractivity contribution is 0.681. The minimum atomic E-state index is 0. The van der Waals surface area contributed by atoms with Crippen molar-refractivity contribution in [1.29, 1.82) is 0 Å². The number of aryl methyl sites for hydroxylation is 2. The van der Waals surface area contributed by atoms with Crippen LogP contribution in [0.5, 0.6) is 0 Å². The summed E-state index contributed by atoms with van der Waals surface area (Å²) >= 11 is 0. The molecule has 0 saturated carbocycles. The van der Waals surface area contributed by atoms with Gasteiger partial charge in [0.25, 0.3) is 0 Å². The molecule has 0 radical (unpaired) electrons. The fourth-order valence-corrected chi connectivity index (χ4v) is 2.04. The number of rotatable bonds is 1. The first-order chi connectivity index (χ1) is 6.27. The molecule has 1 nitrogen and oxygen atoms in total. The van der Waals surface area contributed by atoms with Crippen LogP contribution in [0.1, 0.15) is 42.5 Å². The van der Waals surface area contributed by atoms with E-state index >= 15 is 0 Å². The van der Waals surface area contributed by atoms with Gasteiger partial charge in [-0.15, -0.1) is 12.4 Å². The third-order valence-corrected chi connectivity index (χ3v) is 2.90. The molecule has 1 aromatic carbocycles. The average molecular weight is 212 g/mol. The maximum absolute atomic E-state index is 5.85. The second-order valence-corrected chi connectivity index (χ2v) is 4.02. The fourth-order valence-electron chi connectivity index (χ4n) is 2.04. The van der Waals surface area contributed by atoms with E-state index in [0.717, 1.165) is 0 Å². The Hall–Kier alpha value is -0.530. The first kappa shape index (κ1) is 11.5. The predicted octanol–water partition coefficient (Wildman–Crippen LogP) is 3.01. The highest BCUT2D eigenvalue weighted by molar-refractivity contribution is 5.85.